The Morgan fingerprint density at radius 3 is 2.55 bits per heavy atom. The summed E-state index contributed by atoms with van der Waals surface area (Å²) in [5.41, 5.74) is -1.01. The van der Waals surface area contributed by atoms with Gasteiger partial charge in [0.15, 0.2) is 5.69 Å². The molecule has 2 unspecified atom stereocenters. The van der Waals surface area contributed by atoms with Gasteiger partial charge in [0.1, 0.15) is 5.82 Å². The minimum atomic E-state index is -4.52. The summed E-state index contributed by atoms with van der Waals surface area (Å²) in [6, 6.07) is 0.856. The van der Waals surface area contributed by atoms with Crippen molar-refractivity contribution in [2.75, 3.05) is 30.5 Å². The number of rotatable bonds is 6. The molecule has 2 N–H and O–H groups in total. The molecule has 1 rings (SSSR count). The Morgan fingerprint density at radius 2 is 2.05 bits per heavy atom. The van der Waals surface area contributed by atoms with E-state index in [1.165, 1.54) is 7.05 Å². The van der Waals surface area contributed by atoms with Gasteiger partial charge in [-0.25, -0.2) is 4.98 Å². The van der Waals surface area contributed by atoms with Gasteiger partial charge in [0, 0.05) is 42.0 Å². The van der Waals surface area contributed by atoms with Gasteiger partial charge in [0.25, 0.3) is 0 Å². The molecule has 1 aromatic heterocycles. The molecule has 0 radical (unpaired) electrons. The van der Waals surface area contributed by atoms with Crippen LogP contribution in [-0.2, 0) is 17.0 Å². The van der Waals surface area contributed by atoms with E-state index < -0.39 is 22.7 Å². The Kier molecular flexibility index (Phi) is 5.73. The van der Waals surface area contributed by atoms with Crippen molar-refractivity contribution in [2.24, 2.45) is 0 Å². The van der Waals surface area contributed by atoms with E-state index >= 15 is 0 Å². The van der Waals surface area contributed by atoms with E-state index in [4.69, 9.17) is 0 Å². The smallest absolute Gasteiger partial charge is 0.370 e. The van der Waals surface area contributed by atoms with Gasteiger partial charge in [0.05, 0.1) is 0 Å². The van der Waals surface area contributed by atoms with Crippen LogP contribution in [0.1, 0.15) is 19.0 Å². The molecule has 20 heavy (non-hydrogen) atoms. The number of hydrogen-bond acceptors (Lipinski definition) is 5. The Hall–Kier alpha value is -1.38. The highest BCUT2D eigenvalue weighted by molar-refractivity contribution is 7.84. The summed E-state index contributed by atoms with van der Waals surface area (Å²) in [5.74, 6) is -0.0137. The van der Waals surface area contributed by atoms with Crippen LogP contribution in [0.2, 0.25) is 0 Å². The number of alkyl halides is 3. The molecule has 0 bridgehead atoms. The van der Waals surface area contributed by atoms with Crippen LogP contribution in [0.3, 0.4) is 0 Å². The topological polar surface area (TPSA) is 66.9 Å². The summed E-state index contributed by atoms with van der Waals surface area (Å²) >= 11 is 0. The van der Waals surface area contributed by atoms with Crippen LogP contribution in [-0.4, -0.2) is 39.3 Å². The maximum Gasteiger partial charge on any atom is 0.433 e. The quantitative estimate of drug-likeness (QED) is 0.842. The lowest BCUT2D eigenvalue weighted by molar-refractivity contribution is -0.141. The van der Waals surface area contributed by atoms with Crippen LogP contribution in [0.5, 0.6) is 0 Å². The first-order chi connectivity index (χ1) is 9.24. The van der Waals surface area contributed by atoms with Gasteiger partial charge < -0.3 is 10.6 Å². The molecule has 114 valence electrons. The van der Waals surface area contributed by atoms with Gasteiger partial charge >= 0.3 is 6.18 Å². The lowest BCUT2D eigenvalue weighted by atomic mass is 10.3. The molecular formula is C11H17F3N4OS. The highest BCUT2D eigenvalue weighted by atomic mass is 32.2. The molecule has 0 fully saturated rings. The number of nitrogens with zero attached hydrogens (tertiary/aromatic N) is 2. The van der Waals surface area contributed by atoms with E-state index in [1.54, 1.807) is 6.26 Å². The average molecular weight is 310 g/mol. The molecule has 0 saturated heterocycles. The van der Waals surface area contributed by atoms with Crippen molar-refractivity contribution in [1.82, 2.24) is 9.97 Å². The van der Waals surface area contributed by atoms with Crippen molar-refractivity contribution >= 4 is 22.6 Å². The number of halogens is 3. The minimum Gasteiger partial charge on any atom is -0.370 e. The third-order valence-corrected chi connectivity index (χ3v) is 4.03. The zero-order valence-corrected chi connectivity index (χ0v) is 12.2. The fourth-order valence-electron chi connectivity index (χ4n) is 1.36. The van der Waals surface area contributed by atoms with Crippen LogP contribution >= 0.6 is 0 Å². The molecule has 0 amide bonds. The fourth-order valence-corrected chi connectivity index (χ4v) is 1.81. The van der Waals surface area contributed by atoms with E-state index in [2.05, 4.69) is 20.6 Å². The number of aromatic nitrogens is 2. The molecule has 9 heteroatoms. The predicted octanol–water partition coefficient (Wildman–Crippen LogP) is 2.11. The van der Waals surface area contributed by atoms with Gasteiger partial charge in [-0.05, 0) is 6.42 Å². The Morgan fingerprint density at radius 1 is 1.40 bits per heavy atom. The average Bonchev–Trinajstić information content (AvgIpc) is 2.37. The second kappa shape index (κ2) is 6.87. The molecule has 1 aromatic rings. The van der Waals surface area contributed by atoms with Gasteiger partial charge in [-0.2, -0.15) is 18.2 Å². The van der Waals surface area contributed by atoms with E-state index in [0.717, 1.165) is 6.07 Å². The molecule has 0 aliphatic heterocycles. The van der Waals surface area contributed by atoms with Crippen LogP contribution < -0.4 is 10.6 Å². The molecule has 0 aromatic carbocycles. The summed E-state index contributed by atoms with van der Waals surface area (Å²) in [6.07, 6.45) is -2.36. The van der Waals surface area contributed by atoms with Crippen molar-refractivity contribution in [3.63, 3.8) is 0 Å². The normalized spacial score (nSPS) is 14.7. The monoisotopic (exact) mass is 310 g/mol. The van der Waals surface area contributed by atoms with Crippen LogP contribution in [0.4, 0.5) is 24.9 Å². The van der Waals surface area contributed by atoms with Crippen molar-refractivity contribution < 1.29 is 17.4 Å². The summed E-state index contributed by atoms with van der Waals surface area (Å²) in [5, 5.41) is 5.25. The SMILES string of the molecule is CNc1nc(NCCC(C)S(C)=O)cc(C(F)(F)F)n1. The van der Waals surface area contributed by atoms with Gasteiger partial charge in [0.2, 0.25) is 5.95 Å². The third kappa shape index (κ3) is 4.95. The van der Waals surface area contributed by atoms with Crippen LogP contribution in [0, 0.1) is 0 Å². The second-order valence-corrected chi connectivity index (χ2v) is 6.04. The highest BCUT2D eigenvalue weighted by Crippen LogP contribution is 2.29. The van der Waals surface area contributed by atoms with Crippen molar-refractivity contribution in [2.45, 2.75) is 24.8 Å². The first kappa shape index (κ1) is 16.7. The standard InChI is InChI=1S/C11H17F3N4OS/c1-7(20(3)19)4-5-16-9-6-8(11(12,13)14)17-10(15-2)18-9/h6-7H,4-5H2,1-3H3,(H2,15,16,17,18). The van der Waals surface area contributed by atoms with Gasteiger partial charge in [-0.15, -0.1) is 0 Å². The molecule has 0 spiro atoms. The number of nitrogens with one attached hydrogen (secondary N) is 2. The van der Waals surface area contributed by atoms with E-state index in [0.29, 0.717) is 13.0 Å². The Balaban J connectivity index is 2.77. The molecule has 0 aliphatic rings. The number of anilines is 2. The molecule has 5 nitrogen and oxygen atoms in total. The minimum absolute atomic E-state index is 0.0322. The first-order valence-corrected chi connectivity index (χ1v) is 7.56. The molecule has 0 aliphatic carbocycles. The van der Waals surface area contributed by atoms with E-state index in [1.807, 2.05) is 6.92 Å². The zero-order chi connectivity index (χ0) is 15.3. The molecular weight excluding hydrogens is 293 g/mol. The van der Waals surface area contributed by atoms with Gasteiger partial charge in [-0.3, -0.25) is 4.21 Å². The van der Waals surface area contributed by atoms with Gasteiger partial charge in [-0.1, -0.05) is 6.92 Å². The molecule has 1 heterocycles. The summed E-state index contributed by atoms with van der Waals surface area (Å²) in [7, 11) is 0.488. The van der Waals surface area contributed by atoms with Crippen molar-refractivity contribution in [3.8, 4) is 0 Å². The Labute approximate surface area is 117 Å². The Bertz CT molecular complexity index is 481. The zero-order valence-electron chi connectivity index (χ0n) is 11.4. The van der Waals surface area contributed by atoms with Crippen molar-refractivity contribution in [1.29, 1.82) is 0 Å². The summed E-state index contributed by atoms with van der Waals surface area (Å²) in [6.45, 7) is 2.20. The van der Waals surface area contributed by atoms with Crippen molar-refractivity contribution in [3.05, 3.63) is 11.8 Å². The fraction of sp³-hybridized carbons (Fsp3) is 0.636. The first-order valence-electron chi connectivity index (χ1n) is 5.94. The molecule has 0 saturated carbocycles. The maximum atomic E-state index is 12.7. The number of hydrogen-bond donors (Lipinski definition) is 2. The lowest BCUT2D eigenvalue weighted by Gasteiger charge is -2.12. The summed E-state index contributed by atoms with van der Waals surface area (Å²) in [4.78, 5) is 7.26. The largest absolute Gasteiger partial charge is 0.433 e. The molecule has 2 atom stereocenters. The maximum absolute atomic E-state index is 12.7. The van der Waals surface area contributed by atoms with E-state index in [-0.39, 0.29) is 17.0 Å². The second-order valence-electron chi connectivity index (χ2n) is 4.23. The third-order valence-electron chi connectivity index (χ3n) is 2.66. The van der Waals surface area contributed by atoms with E-state index in [9.17, 15) is 17.4 Å². The predicted molar refractivity (Wildman–Crippen MR) is 73.2 cm³/mol. The summed E-state index contributed by atoms with van der Waals surface area (Å²) < 4.78 is 49.1. The lowest BCUT2D eigenvalue weighted by Crippen LogP contribution is -2.17. The highest BCUT2D eigenvalue weighted by Gasteiger charge is 2.33. The van der Waals surface area contributed by atoms with Crippen LogP contribution in [0.25, 0.3) is 0 Å². The van der Waals surface area contributed by atoms with Crippen LogP contribution in [0.15, 0.2) is 6.07 Å².